The molecule has 0 spiro atoms. The zero-order chi connectivity index (χ0) is 16.5. The van der Waals surface area contributed by atoms with Crippen LogP contribution in [0.5, 0.6) is 0 Å². The van der Waals surface area contributed by atoms with Crippen LogP contribution in [0.25, 0.3) is 11.3 Å². The van der Waals surface area contributed by atoms with Gasteiger partial charge in [0.1, 0.15) is 11.5 Å². The second kappa shape index (κ2) is 5.96. The first-order chi connectivity index (χ1) is 11.7. The molecular formula is C18H19N5O. The zero-order valence-electron chi connectivity index (χ0n) is 13.6. The minimum absolute atomic E-state index is 0.124. The molecule has 0 bridgehead atoms. The molecule has 4 rings (SSSR count). The maximum Gasteiger partial charge on any atom is 0.269 e. The van der Waals surface area contributed by atoms with Crippen LogP contribution in [0.1, 0.15) is 28.4 Å². The van der Waals surface area contributed by atoms with Crippen LogP contribution in [0.2, 0.25) is 0 Å². The second-order valence-electron chi connectivity index (χ2n) is 6.01. The lowest BCUT2D eigenvalue weighted by Crippen LogP contribution is -2.26. The molecule has 0 aliphatic carbocycles. The van der Waals surface area contributed by atoms with E-state index in [9.17, 15) is 4.79 Å². The summed E-state index contributed by atoms with van der Waals surface area (Å²) in [4.78, 5) is 16.9. The van der Waals surface area contributed by atoms with Gasteiger partial charge in [-0.1, -0.05) is 30.3 Å². The van der Waals surface area contributed by atoms with E-state index < -0.39 is 0 Å². The Morgan fingerprint density at radius 2 is 2.12 bits per heavy atom. The van der Waals surface area contributed by atoms with Gasteiger partial charge in [0.25, 0.3) is 5.91 Å². The van der Waals surface area contributed by atoms with Crippen molar-refractivity contribution in [2.45, 2.75) is 25.9 Å². The number of carbonyl (C=O) groups excluding carboxylic acids is 1. The molecule has 0 atom stereocenters. The number of carbonyl (C=O) groups is 1. The Labute approximate surface area is 140 Å². The number of nitrogens with zero attached hydrogens (tertiary/aromatic N) is 4. The first-order valence-electron chi connectivity index (χ1n) is 8.13. The van der Waals surface area contributed by atoms with Gasteiger partial charge in [-0.2, -0.15) is 5.10 Å². The minimum Gasteiger partial charge on any atom is -0.345 e. The van der Waals surface area contributed by atoms with Crippen LogP contribution in [-0.2, 0) is 26.6 Å². The van der Waals surface area contributed by atoms with Crippen molar-refractivity contribution in [1.29, 1.82) is 0 Å². The molecule has 1 aliphatic heterocycles. The highest BCUT2D eigenvalue weighted by atomic mass is 16.2. The summed E-state index contributed by atoms with van der Waals surface area (Å²) in [7, 11) is 1.79. The quantitative estimate of drug-likeness (QED) is 0.801. The topological polar surface area (TPSA) is 64.7 Å². The molecule has 3 aromatic rings. The standard InChI is InChI=1S/C18H19N5O/c1-22-16(10-15(21-22)13-6-3-2-4-7-13)18(24)20-12-14-11-19-17-8-5-9-23(14)17/h2-4,6-7,10-11H,5,8-9,12H2,1H3,(H,20,24). The van der Waals surface area contributed by atoms with Gasteiger partial charge < -0.3 is 9.88 Å². The molecule has 0 fully saturated rings. The smallest absolute Gasteiger partial charge is 0.269 e. The third-order valence-corrected chi connectivity index (χ3v) is 4.42. The third kappa shape index (κ3) is 2.60. The van der Waals surface area contributed by atoms with E-state index in [1.54, 1.807) is 11.7 Å². The van der Waals surface area contributed by atoms with Crippen LogP contribution in [0.15, 0.2) is 42.6 Å². The predicted octanol–water partition coefficient (Wildman–Crippen LogP) is 2.16. The number of aromatic nitrogens is 4. The van der Waals surface area contributed by atoms with Crippen LogP contribution in [0.3, 0.4) is 0 Å². The number of nitrogens with one attached hydrogen (secondary N) is 1. The lowest BCUT2D eigenvalue weighted by atomic mass is 10.1. The second-order valence-corrected chi connectivity index (χ2v) is 6.01. The van der Waals surface area contributed by atoms with E-state index in [0.717, 1.165) is 42.2 Å². The Morgan fingerprint density at radius 3 is 2.96 bits per heavy atom. The van der Waals surface area contributed by atoms with Crippen LogP contribution in [-0.4, -0.2) is 25.2 Å². The molecule has 0 radical (unpaired) electrons. The number of hydrogen-bond acceptors (Lipinski definition) is 3. The SMILES string of the molecule is Cn1nc(-c2ccccc2)cc1C(=O)NCc1cnc2n1CCC2. The molecule has 1 N–H and O–H groups in total. The number of rotatable bonds is 4. The van der Waals surface area contributed by atoms with Crippen molar-refractivity contribution in [1.82, 2.24) is 24.6 Å². The van der Waals surface area contributed by atoms with E-state index in [1.807, 2.05) is 42.6 Å². The van der Waals surface area contributed by atoms with Gasteiger partial charge in [-0.25, -0.2) is 4.98 Å². The fourth-order valence-electron chi connectivity index (χ4n) is 3.15. The van der Waals surface area contributed by atoms with Gasteiger partial charge in [0.2, 0.25) is 0 Å². The van der Waals surface area contributed by atoms with Gasteiger partial charge in [-0.15, -0.1) is 0 Å². The molecule has 1 amide bonds. The van der Waals surface area contributed by atoms with Crippen molar-refractivity contribution >= 4 is 5.91 Å². The van der Waals surface area contributed by atoms with Crippen LogP contribution >= 0.6 is 0 Å². The Hall–Kier alpha value is -2.89. The van der Waals surface area contributed by atoms with Crippen LogP contribution in [0.4, 0.5) is 0 Å². The summed E-state index contributed by atoms with van der Waals surface area (Å²) in [5.41, 5.74) is 3.41. The van der Waals surface area contributed by atoms with Crippen molar-refractivity contribution in [2.75, 3.05) is 0 Å². The van der Waals surface area contributed by atoms with Gasteiger partial charge in [0, 0.05) is 25.6 Å². The van der Waals surface area contributed by atoms with Gasteiger partial charge in [0.05, 0.1) is 24.1 Å². The molecule has 3 heterocycles. The molecule has 0 saturated carbocycles. The Morgan fingerprint density at radius 1 is 1.29 bits per heavy atom. The summed E-state index contributed by atoms with van der Waals surface area (Å²) < 4.78 is 3.82. The van der Waals surface area contributed by atoms with Gasteiger partial charge >= 0.3 is 0 Å². The van der Waals surface area contributed by atoms with Crippen molar-refractivity contribution in [3.63, 3.8) is 0 Å². The highest BCUT2D eigenvalue weighted by Gasteiger charge is 2.18. The molecule has 1 aromatic carbocycles. The van der Waals surface area contributed by atoms with E-state index in [1.165, 1.54) is 0 Å². The van der Waals surface area contributed by atoms with Gasteiger partial charge in [-0.05, 0) is 12.5 Å². The summed E-state index contributed by atoms with van der Waals surface area (Å²) in [5, 5.41) is 7.42. The summed E-state index contributed by atoms with van der Waals surface area (Å²) in [6.45, 7) is 1.47. The lowest BCUT2D eigenvalue weighted by molar-refractivity contribution is 0.0940. The predicted molar refractivity (Wildman–Crippen MR) is 90.4 cm³/mol. The minimum atomic E-state index is -0.124. The summed E-state index contributed by atoms with van der Waals surface area (Å²) in [6.07, 6.45) is 4.01. The molecule has 6 heteroatoms. The maximum absolute atomic E-state index is 12.5. The highest BCUT2D eigenvalue weighted by molar-refractivity contribution is 5.93. The zero-order valence-corrected chi connectivity index (χ0v) is 13.6. The Bertz CT molecular complexity index is 878. The third-order valence-electron chi connectivity index (χ3n) is 4.42. The number of aryl methyl sites for hydroxylation is 2. The monoisotopic (exact) mass is 321 g/mol. The molecular weight excluding hydrogens is 302 g/mol. The van der Waals surface area contributed by atoms with Gasteiger partial charge in [-0.3, -0.25) is 9.48 Å². The van der Waals surface area contributed by atoms with Gasteiger partial charge in [0.15, 0.2) is 0 Å². The van der Waals surface area contributed by atoms with E-state index in [4.69, 9.17) is 0 Å². The fraction of sp³-hybridized carbons (Fsp3) is 0.278. The number of hydrogen-bond donors (Lipinski definition) is 1. The average molecular weight is 321 g/mol. The lowest BCUT2D eigenvalue weighted by Gasteiger charge is -2.07. The first kappa shape index (κ1) is 14.7. The van der Waals surface area contributed by atoms with E-state index in [0.29, 0.717) is 12.2 Å². The normalized spacial score (nSPS) is 13.0. The Kier molecular flexibility index (Phi) is 3.65. The largest absolute Gasteiger partial charge is 0.345 e. The molecule has 24 heavy (non-hydrogen) atoms. The first-order valence-corrected chi connectivity index (χ1v) is 8.13. The number of benzene rings is 1. The molecule has 6 nitrogen and oxygen atoms in total. The average Bonchev–Trinajstić information content (AvgIpc) is 3.29. The summed E-state index contributed by atoms with van der Waals surface area (Å²) in [5.74, 6) is 0.992. The summed E-state index contributed by atoms with van der Waals surface area (Å²) in [6, 6.07) is 11.7. The van der Waals surface area contributed by atoms with Crippen molar-refractivity contribution in [3.8, 4) is 11.3 Å². The number of imidazole rings is 1. The van der Waals surface area contributed by atoms with Crippen molar-refractivity contribution < 1.29 is 4.79 Å². The molecule has 0 saturated heterocycles. The number of fused-ring (bicyclic) bond motifs is 1. The summed E-state index contributed by atoms with van der Waals surface area (Å²) >= 11 is 0. The molecule has 0 unspecified atom stereocenters. The van der Waals surface area contributed by atoms with Crippen molar-refractivity contribution in [3.05, 3.63) is 59.8 Å². The number of amides is 1. The highest BCUT2D eigenvalue weighted by Crippen LogP contribution is 2.19. The van der Waals surface area contributed by atoms with E-state index >= 15 is 0 Å². The van der Waals surface area contributed by atoms with E-state index in [-0.39, 0.29) is 5.91 Å². The molecule has 2 aromatic heterocycles. The van der Waals surface area contributed by atoms with Crippen LogP contribution < -0.4 is 5.32 Å². The molecule has 1 aliphatic rings. The van der Waals surface area contributed by atoms with Crippen LogP contribution in [0, 0.1) is 0 Å². The van der Waals surface area contributed by atoms with E-state index in [2.05, 4.69) is 20.0 Å². The van der Waals surface area contributed by atoms with Crippen molar-refractivity contribution in [2.24, 2.45) is 7.05 Å². The molecule has 122 valence electrons. The maximum atomic E-state index is 12.5. The fourth-order valence-corrected chi connectivity index (χ4v) is 3.15. The Balaban J connectivity index is 1.49.